The molecule has 0 spiro atoms. The van der Waals surface area contributed by atoms with Crippen LogP contribution in [0.3, 0.4) is 0 Å². The van der Waals surface area contributed by atoms with Gasteiger partial charge in [0.25, 0.3) is 0 Å². The van der Waals surface area contributed by atoms with Gasteiger partial charge in [-0.2, -0.15) is 0 Å². The van der Waals surface area contributed by atoms with Crippen molar-refractivity contribution in [3.63, 3.8) is 0 Å². The lowest BCUT2D eigenvalue weighted by atomic mass is 10.1. The summed E-state index contributed by atoms with van der Waals surface area (Å²) in [7, 11) is 1.57. The number of aliphatic carboxylic acids is 1. The van der Waals surface area contributed by atoms with Gasteiger partial charge in [-0.25, -0.2) is 0 Å². The van der Waals surface area contributed by atoms with Crippen LogP contribution in [-0.4, -0.2) is 52.9 Å². The van der Waals surface area contributed by atoms with Crippen LogP contribution in [0.2, 0.25) is 10.0 Å². The van der Waals surface area contributed by atoms with Crippen LogP contribution in [0.5, 0.6) is 0 Å². The molecule has 24 heavy (non-hydrogen) atoms. The highest BCUT2D eigenvalue weighted by Gasteiger charge is 2.38. The normalized spacial score (nSPS) is 21.8. The van der Waals surface area contributed by atoms with Gasteiger partial charge in [-0.05, 0) is 31.5 Å². The molecule has 1 aliphatic heterocycles. The number of carboxylic acids is 1. The molecular formula is C16H19Cl2NO4S. The fraction of sp³-hybridized carbons (Fsp3) is 0.500. The van der Waals surface area contributed by atoms with Crippen molar-refractivity contribution in [1.29, 1.82) is 0 Å². The Hall–Kier alpha value is -0.950. The van der Waals surface area contributed by atoms with Crippen molar-refractivity contribution in [3.8, 4) is 0 Å². The van der Waals surface area contributed by atoms with Crippen molar-refractivity contribution in [1.82, 2.24) is 4.90 Å². The molecule has 1 amide bonds. The number of rotatable bonds is 6. The zero-order valence-electron chi connectivity index (χ0n) is 13.4. The molecule has 2 rings (SSSR count). The van der Waals surface area contributed by atoms with Crippen molar-refractivity contribution in [3.05, 3.63) is 28.2 Å². The second-order valence-corrected chi connectivity index (χ2v) is 7.90. The molecule has 3 unspecified atom stereocenters. The largest absolute Gasteiger partial charge is 0.481 e. The predicted octanol–water partition coefficient (Wildman–Crippen LogP) is 3.56. The van der Waals surface area contributed by atoms with E-state index in [1.54, 1.807) is 37.1 Å². The second-order valence-electron chi connectivity index (χ2n) is 5.67. The van der Waals surface area contributed by atoms with Crippen LogP contribution in [-0.2, 0) is 14.3 Å². The Morgan fingerprint density at radius 1 is 1.46 bits per heavy atom. The summed E-state index contributed by atoms with van der Waals surface area (Å²) in [4.78, 5) is 26.2. The van der Waals surface area contributed by atoms with Crippen molar-refractivity contribution in [2.75, 3.05) is 13.7 Å². The fourth-order valence-corrected chi connectivity index (χ4v) is 4.23. The van der Waals surface area contributed by atoms with E-state index in [9.17, 15) is 9.59 Å². The minimum absolute atomic E-state index is 0.0824. The molecule has 0 saturated carbocycles. The molecule has 8 heteroatoms. The smallest absolute Gasteiger partial charge is 0.305 e. The molecule has 1 saturated heterocycles. The summed E-state index contributed by atoms with van der Waals surface area (Å²) in [5.74, 6) is -1.05. The molecule has 1 aliphatic rings. The highest BCUT2D eigenvalue weighted by molar-refractivity contribution is 8.00. The third-order valence-electron chi connectivity index (χ3n) is 3.95. The molecule has 1 aromatic rings. The lowest BCUT2D eigenvalue weighted by Gasteiger charge is -2.26. The Morgan fingerprint density at radius 2 is 2.17 bits per heavy atom. The first kappa shape index (κ1) is 19.4. The third kappa shape index (κ3) is 4.79. The van der Waals surface area contributed by atoms with E-state index in [0.717, 1.165) is 4.90 Å². The van der Waals surface area contributed by atoms with Crippen molar-refractivity contribution >= 4 is 46.8 Å². The molecule has 0 aliphatic carbocycles. The highest BCUT2D eigenvalue weighted by atomic mass is 35.5. The van der Waals surface area contributed by atoms with E-state index in [1.165, 1.54) is 11.8 Å². The van der Waals surface area contributed by atoms with Crippen LogP contribution in [0.1, 0.15) is 19.8 Å². The molecule has 0 aromatic heterocycles. The average molecular weight is 392 g/mol. The summed E-state index contributed by atoms with van der Waals surface area (Å²) in [6.07, 6.45) is 0.315. The van der Waals surface area contributed by atoms with Gasteiger partial charge in [0, 0.05) is 29.6 Å². The van der Waals surface area contributed by atoms with Crippen LogP contribution in [0.15, 0.2) is 23.1 Å². The van der Waals surface area contributed by atoms with E-state index < -0.39 is 11.2 Å². The Bertz CT molecular complexity index is 628. The van der Waals surface area contributed by atoms with Crippen LogP contribution in [0.25, 0.3) is 0 Å². The lowest BCUT2D eigenvalue weighted by Crippen LogP contribution is -2.41. The van der Waals surface area contributed by atoms with E-state index in [4.69, 9.17) is 33.0 Å². The average Bonchev–Trinajstić information content (AvgIpc) is 2.92. The Labute approximate surface area is 155 Å². The Morgan fingerprint density at radius 3 is 2.79 bits per heavy atom. The van der Waals surface area contributed by atoms with Gasteiger partial charge in [0.15, 0.2) is 0 Å². The van der Waals surface area contributed by atoms with Gasteiger partial charge in [0.2, 0.25) is 5.91 Å². The maximum Gasteiger partial charge on any atom is 0.305 e. The minimum atomic E-state index is -0.923. The van der Waals surface area contributed by atoms with E-state index in [0.29, 0.717) is 23.0 Å². The third-order valence-corrected chi connectivity index (χ3v) is 5.77. The number of methoxy groups -OCH3 is 1. The number of thioether (sulfide) groups is 1. The van der Waals surface area contributed by atoms with Crippen molar-refractivity contribution in [2.45, 2.75) is 42.1 Å². The van der Waals surface area contributed by atoms with E-state index in [-0.39, 0.29) is 24.5 Å². The van der Waals surface area contributed by atoms with Gasteiger partial charge in [0.1, 0.15) is 0 Å². The molecule has 132 valence electrons. The van der Waals surface area contributed by atoms with Gasteiger partial charge < -0.3 is 14.7 Å². The number of nitrogens with zero attached hydrogens (tertiary/aromatic N) is 1. The maximum atomic E-state index is 12.8. The number of hydrogen-bond acceptors (Lipinski definition) is 4. The summed E-state index contributed by atoms with van der Waals surface area (Å²) in [5.41, 5.74) is 0. The maximum absolute atomic E-state index is 12.8. The van der Waals surface area contributed by atoms with Crippen molar-refractivity contribution < 1.29 is 19.4 Å². The van der Waals surface area contributed by atoms with E-state index in [1.807, 2.05) is 0 Å². The number of halogens is 2. The highest BCUT2D eigenvalue weighted by Crippen LogP contribution is 2.34. The van der Waals surface area contributed by atoms with Gasteiger partial charge in [-0.15, -0.1) is 11.8 Å². The summed E-state index contributed by atoms with van der Waals surface area (Å²) >= 11 is 13.4. The predicted molar refractivity (Wildman–Crippen MR) is 94.9 cm³/mol. The van der Waals surface area contributed by atoms with E-state index in [2.05, 4.69) is 0 Å². The zero-order chi connectivity index (χ0) is 17.9. The van der Waals surface area contributed by atoms with Gasteiger partial charge in [-0.3, -0.25) is 9.59 Å². The minimum Gasteiger partial charge on any atom is -0.481 e. The summed E-state index contributed by atoms with van der Waals surface area (Å²) < 4.78 is 5.30. The SMILES string of the molecule is COC1CC(CC(=O)O)N(C(=O)C(C)Sc2cc(Cl)ccc2Cl)C1. The van der Waals surface area contributed by atoms with Crippen LogP contribution >= 0.6 is 35.0 Å². The topological polar surface area (TPSA) is 66.8 Å². The monoisotopic (exact) mass is 391 g/mol. The molecule has 3 atom stereocenters. The molecule has 0 radical (unpaired) electrons. The summed E-state index contributed by atoms with van der Waals surface area (Å²) in [6.45, 7) is 2.18. The fourth-order valence-electron chi connectivity index (χ4n) is 2.75. The lowest BCUT2D eigenvalue weighted by molar-refractivity contribution is -0.139. The molecule has 5 nitrogen and oxygen atoms in total. The van der Waals surface area contributed by atoms with Gasteiger partial charge >= 0.3 is 5.97 Å². The molecule has 1 heterocycles. The van der Waals surface area contributed by atoms with Gasteiger partial charge in [-0.1, -0.05) is 23.2 Å². The van der Waals surface area contributed by atoms with Gasteiger partial charge in [0.05, 0.1) is 22.8 Å². The Balaban J connectivity index is 2.10. The second kappa shape index (κ2) is 8.43. The quantitative estimate of drug-likeness (QED) is 0.750. The number of benzene rings is 1. The number of likely N-dealkylation sites (tertiary alicyclic amines) is 1. The number of amides is 1. The number of hydrogen-bond donors (Lipinski definition) is 1. The number of carboxylic acid groups (broad SMARTS) is 1. The Kier molecular flexibility index (Phi) is 6.80. The first-order chi connectivity index (χ1) is 11.3. The molecule has 1 aromatic carbocycles. The zero-order valence-corrected chi connectivity index (χ0v) is 15.7. The van der Waals surface area contributed by atoms with Crippen LogP contribution < -0.4 is 0 Å². The van der Waals surface area contributed by atoms with Crippen LogP contribution in [0, 0.1) is 0 Å². The first-order valence-electron chi connectivity index (χ1n) is 7.48. The molecule has 1 N–H and O–H groups in total. The number of carbonyl (C=O) groups is 2. The number of ether oxygens (including phenoxy) is 1. The van der Waals surface area contributed by atoms with Crippen LogP contribution in [0.4, 0.5) is 0 Å². The first-order valence-corrected chi connectivity index (χ1v) is 9.12. The molecule has 0 bridgehead atoms. The van der Waals surface area contributed by atoms with E-state index >= 15 is 0 Å². The summed E-state index contributed by atoms with van der Waals surface area (Å²) in [5, 5.41) is 9.72. The molecular weight excluding hydrogens is 373 g/mol. The number of carbonyl (C=O) groups excluding carboxylic acids is 1. The molecule has 1 fully saturated rings. The summed E-state index contributed by atoms with van der Waals surface area (Å²) in [6, 6.07) is 4.74. The standard InChI is InChI=1S/C16H19Cl2NO4S/c1-9(24-14-5-10(17)3-4-13(14)18)16(22)19-8-12(23-2)6-11(19)7-15(20)21/h3-5,9,11-12H,6-8H2,1-2H3,(H,20,21). The van der Waals surface area contributed by atoms with Crippen molar-refractivity contribution in [2.24, 2.45) is 0 Å².